The molecule has 4 heteroatoms. The zero-order valence-electron chi connectivity index (χ0n) is 17.6. The summed E-state index contributed by atoms with van der Waals surface area (Å²) < 4.78 is 1.82. The molecule has 0 bridgehead atoms. The zero-order valence-corrected chi connectivity index (χ0v) is 17.6. The SMILES string of the molecule is O=c1c(-c2ccccc2NCc2ccccc2)nc2ccccc2n1Cc1ccccc1. The van der Waals surface area contributed by atoms with Crippen molar-refractivity contribution in [2.24, 2.45) is 0 Å². The van der Waals surface area contributed by atoms with E-state index in [4.69, 9.17) is 4.98 Å². The first kappa shape index (κ1) is 19.8. The van der Waals surface area contributed by atoms with Gasteiger partial charge >= 0.3 is 0 Å². The maximum atomic E-state index is 13.7. The molecular formula is C28H23N3O. The zero-order chi connectivity index (χ0) is 21.8. The largest absolute Gasteiger partial charge is 0.380 e. The van der Waals surface area contributed by atoms with E-state index in [9.17, 15) is 4.79 Å². The third-order valence-corrected chi connectivity index (χ3v) is 5.54. The second-order valence-electron chi connectivity index (χ2n) is 7.71. The summed E-state index contributed by atoms with van der Waals surface area (Å²) in [7, 11) is 0. The highest BCUT2D eigenvalue weighted by Crippen LogP contribution is 2.26. The molecule has 0 aliphatic carbocycles. The van der Waals surface area contributed by atoms with Gasteiger partial charge in [0, 0.05) is 17.8 Å². The fourth-order valence-electron chi connectivity index (χ4n) is 3.93. The summed E-state index contributed by atoms with van der Waals surface area (Å²) in [5, 5.41) is 3.48. The van der Waals surface area contributed by atoms with Crippen LogP contribution in [0.1, 0.15) is 11.1 Å². The van der Waals surface area contributed by atoms with Gasteiger partial charge in [-0.3, -0.25) is 4.79 Å². The van der Waals surface area contributed by atoms with E-state index < -0.39 is 0 Å². The Morgan fingerprint density at radius 3 is 2.09 bits per heavy atom. The van der Waals surface area contributed by atoms with Crippen molar-refractivity contribution in [2.75, 3.05) is 5.32 Å². The lowest BCUT2D eigenvalue weighted by Crippen LogP contribution is -2.24. The van der Waals surface area contributed by atoms with Gasteiger partial charge in [0.2, 0.25) is 0 Å². The lowest BCUT2D eigenvalue weighted by Gasteiger charge is -2.15. The third kappa shape index (κ3) is 4.03. The molecule has 0 atom stereocenters. The number of nitrogens with zero attached hydrogens (tertiary/aromatic N) is 2. The number of aromatic nitrogens is 2. The first-order valence-electron chi connectivity index (χ1n) is 10.7. The van der Waals surface area contributed by atoms with Crippen molar-refractivity contribution in [3.05, 3.63) is 131 Å². The molecule has 0 unspecified atom stereocenters. The number of anilines is 1. The maximum absolute atomic E-state index is 13.7. The van der Waals surface area contributed by atoms with E-state index >= 15 is 0 Å². The minimum atomic E-state index is -0.0958. The van der Waals surface area contributed by atoms with Crippen molar-refractivity contribution in [3.63, 3.8) is 0 Å². The molecule has 4 aromatic carbocycles. The summed E-state index contributed by atoms with van der Waals surface area (Å²) in [6, 6.07) is 35.9. The molecule has 5 rings (SSSR count). The molecule has 1 N–H and O–H groups in total. The van der Waals surface area contributed by atoms with Crippen LogP contribution < -0.4 is 10.9 Å². The van der Waals surface area contributed by atoms with Crippen LogP contribution in [-0.2, 0) is 13.1 Å². The lowest BCUT2D eigenvalue weighted by molar-refractivity contribution is 0.789. The minimum absolute atomic E-state index is 0.0958. The summed E-state index contributed by atoms with van der Waals surface area (Å²) in [5.74, 6) is 0. The Balaban J connectivity index is 1.61. The minimum Gasteiger partial charge on any atom is -0.380 e. The number of nitrogens with one attached hydrogen (secondary N) is 1. The number of para-hydroxylation sites is 3. The van der Waals surface area contributed by atoms with Gasteiger partial charge in [0.25, 0.3) is 5.56 Å². The van der Waals surface area contributed by atoms with Crippen LogP contribution in [0, 0.1) is 0 Å². The topological polar surface area (TPSA) is 46.9 Å². The van der Waals surface area contributed by atoms with E-state index in [0.29, 0.717) is 18.8 Å². The second kappa shape index (κ2) is 8.90. The van der Waals surface area contributed by atoms with Crippen LogP contribution in [0.2, 0.25) is 0 Å². The van der Waals surface area contributed by atoms with Crippen LogP contribution in [0.25, 0.3) is 22.3 Å². The first-order chi connectivity index (χ1) is 15.8. The van der Waals surface area contributed by atoms with E-state index in [1.807, 2.05) is 102 Å². The predicted molar refractivity (Wildman–Crippen MR) is 131 cm³/mol. The number of fused-ring (bicyclic) bond motifs is 1. The molecular weight excluding hydrogens is 394 g/mol. The molecule has 0 saturated heterocycles. The van der Waals surface area contributed by atoms with E-state index in [1.165, 1.54) is 5.56 Å². The molecule has 0 amide bonds. The molecule has 5 aromatic rings. The fourth-order valence-corrected chi connectivity index (χ4v) is 3.93. The number of benzene rings is 4. The average Bonchev–Trinajstić information content (AvgIpc) is 2.86. The van der Waals surface area contributed by atoms with Gasteiger partial charge < -0.3 is 9.88 Å². The normalized spacial score (nSPS) is 10.9. The summed E-state index contributed by atoms with van der Waals surface area (Å²) in [6.07, 6.45) is 0. The number of hydrogen-bond acceptors (Lipinski definition) is 3. The quantitative estimate of drug-likeness (QED) is 0.384. The molecule has 4 nitrogen and oxygen atoms in total. The highest BCUT2D eigenvalue weighted by molar-refractivity contribution is 5.81. The molecule has 0 saturated carbocycles. The monoisotopic (exact) mass is 417 g/mol. The van der Waals surface area contributed by atoms with Crippen molar-refractivity contribution in [1.29, 1.82) is 0 Å². The maximum Gasteiger partial charge on any atom is 0.277 e. The summed E-state index contributed by atoms with van der Waals surface area (Å²) in [4.78, 5) is 18.5. The van der Waals surface area contributed by atoms with Gasteiger partial charge in [0.05, 0.1) is 17.6 Å². The van der Waals surface area contributed by atoms with E-state index in [2.05, 4.69) is 17.4 Å². The smallest absolute Gasteiger partial charge is 0.277 e. The molecule has 0 spiro atoms. The van der Waals surface area contributed by atoms with E-state index in [1.54, 1.807) is 0 Å². The third-order valence-electron chi connectivity index (χ3n) is 5.54. The Hall–Kier alpha value is -4.18. The molecule has 0 aliphatic rings. The van der Waals surface area contributed by atoms with Gasteiger partial charge in [-0.2, -0.15) is 0 Å². The van der Waals surface area contributed by atoms with Gasteiger partial charge in [-0.05, 0) is 29.3 Å². The van der Waals surface area contributed by atoms with Gasteiger partial charge in [-0.25, -0.2) is 4.98 Å². The Morgan fingerprint density at radius 1 is 0.688 bits per heavy atom. The molecule has 1 heterocycles. The van der Waals surface area contributed by atoms with Gasteiger partial charge in [-0.1, -0.05) is 91.0 Å². The highest BCUT2D eigenvalue weighted by Gasteiger charge is 2.15. The highest BCUT2D eigenvalue weighted by atomic mass is 16.1. The second-order valence-corrected chi connectivity index (χ2v) is 7.71. The van der Waals surface area contributed by atoms with Crippen LogP contribution in [0.4, 0.5) is 5.69 Å². The summed E-state index contributed by atoms with van der Waals surface area (Å²) in [6.45, 7) is 1.17. The van der Waals surface area contributed by atoms with Crippen LogP contribution in [0.5, 0.6) is 0 Å². The summed E-state index contributed by atoms with van der Waals surface area (Å²) in [5.41, 5.74) is 5.94. The van der Waals surface area contributed by atoms with Crippen LogP contribution in [0.3, 0.4) is 0 Å². The van der Waals surface area contributed by atoms with Crippen LogP contribution in [0.15, 0.2) is 114 Å². The van der Waals surface area contributed by atoms with Gasteiger partial charge in [-0.15, -0.1) is 0 Å². The molecule has 0 aliphatic heterocycles. The Labute approximate surface area is 186 Å². The molecule has 1 aromatic heterocycles. The predicted octanol–water partition coefficient (Wildman–Crippen LogP) is 5.72. The molecule has 32 heavy (non-hydrogen) atoms. The van der Waals surface area contributed by atoms with Crippen molar-refractivity contribution >= 4 is 16.7 Å². The Morgan fingerprint density at radius 2 is 1.31 bits per heavy atom. The first-order valence-corrected chi connectivity index (χ1v) is 10.7. The molecule has 156 valence electrons. The number of hydrogen-bond donors (Lipinski definition) is 1. The van der Waals surface area contributed by atoms with E-state index in [0.717, 1.165) is 27.8 Å². The van der Waals surface area contributed by atoms with Crippen molar-refractivity contribution in [2.45, 2.75) is 13.1 Å². The van der Waals surface area contributed by atoms with E-state index in [-0.39, 0.29) is 5.56 Å². The Bertz CT molecular complexity index is 1410. The Kier molecular flexibility index (Phi) is 5.50. The van der Waals surface area contributed by atoms with Crippen LogP contribution >= 0.6 is 0 Å². The number of rotatable bonds is 6. The standard InChI is InChI=1S/C28H23N3O/c32-28-27(23-15-7-8-16-24(23)29-19-21-11-3-1-4-12-21)30-25-17-9-10-18-26(25)31(28)20-22-13-5-2-6-14-22/h1-18,29H,19-20H2. The van der Waals surface area contributed by atoms with Crippen molar-refractivity contribution in [3.8, 4) is 11.3 Å². The lowest BCUT2D eigenvalue weighted by atomic mass is 10.1. The van der Waals surface area contributed by atoms with Crippen LogP contribution in [-0.4, -0.2) is 9.55 Å². The van der Waals surface area contributed by atoms with Crippen molar-refractivity contribution in [1.82, 2.24) is 9.55 Å². The average molecular weight is 418 g/mol. The van der Waals surface area contributed by atoms with Gasteiger partial charge in [0.15, 0.2) is 0 Å². The fraction of sp³-hybridized carbons (Fsp3) is 0.0714. The molecule has 0 radical (unpaired) electrons. The molecule has 0 fully saturated rings. The summed E-state index contributed by atoms with van der Waals surface area (Å²) >= 11 is 0. The van der Waals surface area contributed by atoms with Gasteiger partial charge in [0.1, 0.15) is 5.69 Å². The van der Waals surface area contributed by atoms with Crippen molar-refractivity contribution < 1.29 is 0 Å².